The molecule has 0 spiro atoms. The first-order valence-corrected chi connectivity index (χ1v) is 6.75. The maximum atomic E-state index is 13.1. The summed E-state index contributed by atoms with van der Waals surface area (Å²) in [6.07, 6.45) is 6.37. The third-order valence-electron chi connectivity index (χ3n) is 3.84. The van der Waals surface area contributed by atoms with E-state index in [0.29, 0.717) is 18.4 Å². The quantitative estimate of drug-likeness (QED) is 0.865. The summed E-state index contributed by atoms with van der Waals surface area (Å²) in [5.41, 5.74) is 6.98. The maximum absolute atomic E-state index is 13.1. The minimum absolute atomic E-state index is 0.205. The van der Waals surface area contributed by atoms with Crippen molar-refractivity contribution in [3.05, 3.63) is 34.6 Å². The van der Waals surface area contributed by atoms with Crippen molar-refractivity contribution in [1.82, 2.24) is 0 Å². The average Bonchev–Trinajstić information content (AvgIpc) is 2.36. The molecule has 94 valence electrons. The molecule has 0 aliphatic heterocycles. The molecular weight excluding hydrogens is 237 g/mol. The lowest BCUT2D eigenvalue weighted by Gasteiger charge is -2.29. The Bertz CT molecular complexity index is 374. The van der Waals surface area contributed by atoms with Gasteiger partial charge in [-0.1, -0.05) is 36.9 Å². The van der Waals surface area contributed by atoms with Gasteiger partial charge in [0.2, 0.25) is 0 Å². The highest BCUT2D eigenvalue weighted by Crippen LogP contribution is 2.36. The van der Waals surface area contributed by atoms with Gasteiger partial charge in [0.15, 0.2) is 0 Å². The first-order chi connectivity index (χ1) is 8.22. The molecule has 1 fully saturated rings. The molecule has 1 atom stereocenters. The lowest BCUT2D eigenvalue weighted by atomic mass is 9.77. The smallest absolute Gasteiger partial charge is 0.141 e. The Morgan fingerprint density at radius 2 is 2.00 bits per heavy atom. The van der Waals surface area contributed by atoms with Crippen LogP contribution >= 0.6 is 11.6 Å². The molecule has 1 aromatic rings. The summed E-state index contributed by atoms with van der Waals surface area (Å²) in [6.45, 7) is 0.618. The van der Waals surface area contributed by atoms with Gasteiger partial charge in [0.1, 0.15) is 5.82 Å². The molecular formula is C14H19ClFN. The highest BCUT2D eigenvalue weighted by Gasteiger charge is 2.24. The summed E-state index contributed by atoms with van der Waals surface area (Å²) in [4.78, 5) is 0. The molecule has 0 heterocycles. The van der Waals surface area contributed by atoms with E-state index in [-0.39, 0.29) is 10.8 Å². The van der Waals surface area contributed by atoms with Crippen molar-refractivity contribution < 1.29 is 4.39 Å². The van der Waals surface area contributed by atoms with Gasteiger partial charge in [0.25, 0.3) is 0 Å². The molecule has 1 aliphatic rings. The summed E-state index contributed by atoms with van der Waals surface area (Å²) in [5, 5.41) is 0.205. The topological polar surface area (TPSA) is 26.0 Å². The first-order valence-electron chi connectivity index (χ1n) is 6.37. The predicted molar refractivity (Wildman–Crippen MR) is 69.8 cm³/mol. The van der Waals surface area contributed by atoms with E-state index in [1.807, 2.05) is 6.07 Å². The Hall–Kier alpha value is -0.600. The van der Waals surface area contributed by atoms with Crippen molar-refractivity contribution in [2.75, 3.05) is 6.54 Å². The molecule has 0 saturated heterocycles. The predicted octanol–water partition coefficient (Wildman–Crippen LogP) is 4.10. The third-order valence-corrected chi connectivity index (χ3v) is 4.13. The average molecular weight is 256 g/mol. The van der Waals surface area contributed by atoms with Crippen LogP contribution in [0.25, 0.3) is 0 Å². The minimum atomic E-state index is -0.352. The Morgan fingerprint density at radius 1 is 1.29 bits per heavy atom. The molecule has 1 saturated carbocycles. The van der Waals surface area contributed by atoms with Crippen molar-refractivity contribution in [3.63, 3.8) is 0 Å². The molecule has 17 heavy (non-hydrogen) atoms. The monoisotopic (exact) mass is 255 g/mol. The molecule has 1 aromatic carbocycles. The van der Waals surface area contributed by atoms with E-state index in [2.05, 4.69) is 0 Å². The van der Waals surface area contributed by atoms with Gasteiger partial charge in [0.05, 0.1) is 5.02 Å². The fraction of sp³-hybridized carbons (Fsp3) is 0.571. The summed E-state index contributed by atoms with van der Waals surface area (Å²) in [7, 11) is 0. The van der Waals surface area contributed by atoms with Crippen molar-refractivity contribution in [2.45, 2.75) is 38.0 Å². The molecule has 1 aliphatic carbocycles. The second-order valence-electron chi connectivity index (χ2n) is 4.91. The van der Waals surface area contributed by atoms with Crippen molar-refractivity contribution >= 4 is 11.6 Å². The molecule has 1 nitrogen and oxygen atoms in total. The first kappa shape index (κ1) is 12.8. The fourth-order valence-corrected chi connectivity index (χ4v) is 3.07. The standard InChI is InChI=1S/C14H19ClFN/c15-13-8-11(6-7-14(13)16)12(9-17)10-4-2-1-3-5-10/h6-8,10,12H,1-5,9,17H2. The second-order valence-corrected chi connectivity index (χ2v) is 5.32. The Balaban J connectivity index is 2.18. The lowest BCUT2D eigenvalue weighted by molar-refractivity contribution is 0.307. The highest BCUT2D eigenvalue weighted by atomic mass is 35.5. The molecule has 0 radical (unpaired) electrons. The molecule has 1 unspecified atom stereocenters. The maximum Gasteiger partial charge on any atom is 0.141 e. The van der Waals surface area contributed by atoms with Gasteiger partial charge in [-0.3, -0.25) is 0 Å². The number of rotatable bonds is 3. The lowest BCUT2D eigenvalue weighted by Crippen LogP contribution is -2.23. The van der Waals surface area contributed by atoms with Crippen LogP contribution in [0.1, 0.15) is 43.6 Å². The van der Waals surface area contributed by atoms with Gasteiger partial charge in [0, 0.05) is 0 Å². The molecule has 0 bridgehead atoms. The van der Waals surface area contributed by atoms with Crippen LogP contribution in [0.5, 0.6) is 0 Å². The van der Waals surface area contributed by atoms with E-state index < -0.39 is 0 Å². The number of benzene rings is 1. The number of hydrogen-bond donors (Lipinski definition) is 1. The number of hydrogen-bond acceptors (Lipinski definition) is 1. The Labute approximate surface area is 107 Å². The molecule has 0 amide bonds. The van der Waals surface area contributed by atoms with Crippen LogP contribution in [0.15, 0.2) is 18.2 Å². The Morgan fingerprint density at radius 3 is 2.59 bits per heavy atom. The van der Waals surface area contributed by atoms with Crippen LogP contribution < -0.4 is 5.73 Å². The summed E-state index contributed by atoms with van der Waals surface area (Å²) in [5.74, 6) is 0.610. The highest BCUT2D eigenvalue weighted by molar-refractivity contribution is 6.30. The molecule has 2 rings (SSSR count). The van der Waals surface area contributed by atoms with Gasteiger partial charge in [-0.15, -0.1) is 0 Å². The fourth-order valence-electron chi connectivity index (χ4n) is 2.88. The van der Waals surface area contributed by atoms with Gasteiger partial charge in [-0.05, 0) is 48.9 Å². The summed E-state index contributed by atoms with van der Waals surface area (Å²) >= 11 is 5.84. The number of halogens is 2. The van der Waals surface area contributed by atoms with Crippen molar-refractivity contribution in [2.24, 2.45) is 11.7 Å². The second kappa shape index (κ2) is 5.83. The summed E-state index contributed by atoms with van der Waals surface area (Å²) < 4.78 is 13.1. The van der Waals surface area contributed by atoms with Crippen LogP contribution in [0.2, 0.25) is 5.02 Å². The minimum Gasteiger partial charge on any atom is -0.330 e. The zero-order chi connectivity index (χ0) is 12.3. The van der Waals surface area contributed by atoms with Crippen molar-refractivity contribution in [1.29, 1.82) is 0 Å². The van der Waals surface area contributed by atoms with E-state index in [1.165, 1.54) is 38.2 Å². The van der Waals surface area contributed by atoms with Crippen LogP contribution in [0.4, 0.5) is 4.39 Å². The largest absolute Gasteiger partial charge is 0.330 e. The van der Waals surface area contributed by atoms with Gasteiger partial charge in [-0.2, -0.15) is 0 Å². The SMILES string of the molecule is NCC(c1ccc(F)c(Cl)c1)C1CCCCC1. The van der Waals surface area contributed by atoms with E-state index in [9.17, 15) is 4.39 Å². The normalized spacial score (nSPS) is 19.2. The van der Waals surface area contributed by atoms with E-state index in [4.69, 9.17) is 17.3 Å². The van der Waals surface area contributed by atoms with E-state index in [1.54, 1.807) is 6.07 Å². The van der Waals surface area contributed by atoms with Gasteiger partial charge >= 0.3 is 0 Å². The van der Waals surface area contributed by atoms with Crippen LogP contribution in [-0.2, 0) is 0 Å². The zero-order valence-electron chi connectivity index (χ0n) is 9.96. The third kappa shape index (κ3) is 2.99. The molecule has 2 N–H and O–H groups in total. The van der Waals surface area contributed by atoms with Gasteiger partial charge in [-0.25, -0.2) is 4.39 Å². The van der Waals surface area contributed by atoms with Crippen LogP contribution in [0, 0.1) is 11.7 Å². The van der Waals surface area contributed by atoms with Crippen molar-refractivity contribution in [3.8, 4) is 0 Å². The zero-order valence-corrected chi connectivity index (χ0v) is 10.7. The Kier molecular flexibility index (Phi) is 4.41. The van der Waals surface area contributed by atoms with Crippen LogP contribution in [0.3, 0.4) is 0 Å². The van der Waals surface area contributed by atoms with E-state index in [0.717, 1.165) is 5.56 Å². The van der Waals surface area contributed by atoms with Crippen LogP contribution in [-0.4, -0.2) is 6.54 Å². The van der Waals surface area contributed by atoms with Gasteiger partial charge < -0.3 is 5.73 Å². The number of nitrogens with two attached hydrogens (primary N) is 1. The molecule has 0 aromatic heterocycles. The summed E-state index contributed by atoms with van der Waals surface area (Å²) in [6, 6.07) is 5.01. The molecule has 3 heteroatoms. The van der Waals surface area contributed by atoms with E-state index >= 15 is 0 Å².